The van der Waals surface area contributed by atoms with Crippen LogP contribution in [0.5, 0.6) is 5.75 Å². The highest BCUT2D eigenvalue weighted by Gasteiger charge is 2.29. The summed E-state index contributed by atoms with van der Waals surface area (Å²) in [6.07, 6.45) is 1.05. The van der Waals surface area contributed by atoms with E-state index in [1.807, 2.05) is 6.92 Å². The van der Waals surface area contributed by atoms with Crippen LogP contribution >= 0.6 is 11.6 Å². The maximum Gasteiger partial charge on any atom is 0.248 e. The van der Waals surface area contributed by atoms with Crippen LogP contribution in [0.4, 0.5) is 11.4 Å². The lowest BCUT2D eigenvalue weighted by molar-refractivity contribution is -0.116. The number of hydrogen-bond acceptors (Lipinski definition) is 4. The standard InChI is InChI=1S/C18H21ClN2O4S/c1-4-25-17-11-6-5-10-16(17)20-18(22)13(2)21(26(3,23)24)15-9-7-8-14(19)12-15/h5-13H,4H2,1-3H3,(H,20,22). The summed E-state index contributed by atoms with van der Waals surface area (Å²) in [6.45, 7) is 3.80. The largest absolute Gasteiger partial charge is 0.492 e. The number of carbonyl (C=O) groups excluding carboxylic acids is 1. The van der Waals surface area contributed by atoms with Crippen LogP contribution in [0.15, 0.2) is 48.5 Å². The first kappa shape index (κ1) is 20.1. The van der Waals surface area contributed by atoms with Crippen molar-refractivity contribution in [1.82, 2.24) is 0 Å². The first-order valence-electron chi connectivity index (χ1n) is 8.01. The fourth-order valence-electron chi connectivity index (χ4n) is 2.51. The van der Waals surface area contributed by atoms with Gasteiger partial charge in [0.15, 0.2) is 0 Å². The van der Waals surface area contributed by atoms with Crippen molar-refractivity contribution in [2.75, 3.05) is 22.5 Å². The molecule has 6 nitrogen and oxygen atoms in total. The van der Waals surface area contributed by atoms with Crippen molar-refractivity contribution >= 4 is 38.9 Å². The van der Waals surface area contributed by atoms with Gasteiger partial charge in [0.2, 0.25) is 15.9 Å². The van der Waals surface area contributed by atoms with Crippen LogP contribution in [-0.4, -0.2) is 33.2 Å². The molecular weight excluding hydrogens is 376 g/mol. The molecule has 26 heavy (non-hydrogen) atoms. The topological polar surface area (TPSA) is 75.7 Å². The number of amides is 1. The molecule has 140 valence electrons. The summed E-state index contributed by atoms with van der Waals surface area (Å²) in [5.41, 5.74) is 0.798. The Morgan fingerprint density at radius 1 is 1.23 bits per heavy atom. The molecule has 0 saturated carbocycles. The van der Waals surface area contributed by atoms with Crippen LogP contribution in [0.1, 0.15) is 13.8 Å². The second-order valence-electron chi connectivity index (χ2n) is 5.63. The summed E-state index contributed by atoms with van der Waals surface area (Å²) < 4.78 is 31.1. The molecule has 1 atom stereocenters. The molecule has 2 aromatic rings. The van der Waals surface area contributed by atoms with Crippen molar-refractivity contribution in [3.63, 3.8) is 0 Å². The number of nitrogens with zero attached hydrogens (tertiary/aromatic N) is 1. The third-order valence-electron chi connectivity index (χ3n) is 3.60. The zero-order valence-electron chi connectivity index (χ0n) is 14.8. The van der Waals surface area contributed by atoms with E-state index in [0.717, 1.165) is 10.6 Å². The molecule has 0 aliphatic heterocycles. The summed E-state index contributed by atoms with van der Waals surface area (Å²) >= 11 is 5.97. The molecule has 0 bridgehead atoms. The lowest BCUT2D eigenvalue weighted by Gasteiger charge is -2.28. The van der Waals surface area contributed by atoms with Gasteiger partial charge in [-0.15, -0.1) is 0 Å². The van der Waals surface area contributed by atoms with Gasteiger partial charge in [0.25, 0.3) is 0 Å². The van der Waals surface area contributed by atoms with E-state index in [9.17, 15) is 13.2 Å². The molecular formula is C18H21ClN2O4S. The van der Waals surface area contributed by atoms with Crippen LogP contribution in [0.2, 0.25) is 5.02 Å². The van der Waals surface area contributed by atoms with Gasteiger partial charge in [0, 0.05) is 5.02 Å². The summed E-state index contributed by atoms with van der Waals surface area (Å²) in [5.74, 6) is 0.0340. The van der Waals surface area contributed by atoms with Gasteiger partial charge in [-0.25, -0.2) is 8.42 Å². The molecule has 2 rings (SSSR count). The highest BCUT2D eigenvalue weighted by molar-refractivity contribution is 7.92. The second-order valence-corrected chi connectivity index (χ2v) is 7.93. The highest BCUT2D eigenvalue weighted by Crippen LogP contribution is 2.27. The average Bonchev–Trinajstić information content (AvgIpc) is 2.55. The van der Waals surface area contributed by atoms with Gasteiger partial charge in [-0.3, -0.25) is 9.10 Å². The molecule has 0 aliphatic carbocycles. The minimum Gasteiger partial charge on any atom is -0.492 e. The predicted molar refractivity (Wildman–Crippen MR) is 104 cm³/mol. The highest BCUT2D eigenvalue weighted by atomic mass is 35.5. The molecule has 1 amide bonds. The number of anilines is 2. The molecule has 0 aromatic heterocycles. The molecule has 2 aromatic carbocycles. The van der Waals surface area contributed by atoms with Gasteiger partial charge >= 0.3 is 0 Å². The number of carbonyl (C=O) groups is 1. The number of ether oxygens (including phenoxy) is 1. The molecule has 8 heteroatoms. The molecule has 0 aliphatic rings. The number of nitrogens with one attached hydrogen (secondary N) is 1. The van der Waals surface area contributed by atoms with Crippen molar-refractivity contribution < 1.29 is 17.9 Å². The molecule has 0 heterocycles. The monoisotopic (exact) mass is 396 g/mol. The van der Waals surface area contributed by atoms with E-state index in [4.69, 9.17) is 16.3 Å². The Kier molecular flexibility index (Phi) is 6.50. The number of hydrogen-bond donors (Lipinski definition) is 1. The molecule has 0 spiro atoms. The van der Waals surface area contributed by atoms with Gasteiger partial charge in [0.1, 0.15) is 11.8 Å². The predicted octanol–water partition coefficient (Wildman–Crippen LogP) is 3.53. The third kappa shape index (κ3) is 4.89. The lowest BCUT2D eigenvalue weighted by atomic mass is 10.2. The number of rotatable bonds is 7. The maximum absolute atomic E-state index is 12.7. The first-order valence-corrected chi connectivity index (χ1v) is 10.2. The molecule has 1 N–H and O–H groups in total. The van der Waals surface area contributed by atoms with E-state index in [0.29, 0.717) is 28.8 Å². The Hall–Kier alpha value is -2.25. The molecule has 0 radical (unpaired) electrons. The van der Waals surface area contributed by atoms with E-state index in [1.54, 1.807) is 42.5 Å². The fourth-order valence-corrected chi connectivity index (χ4v) is 3.86. The minimum atomic E-state index is -3.71. The number of para-hydroxylation sites is 2. The van der Waals surface area contributed by atoms with Crippen molar-refractivity contribution in [2.45, 2.75) is 19.9 Å². The average molecular weight is 397 g/mol. The molecule has 1 unspecified atom stereocenters. The van der Waals surface area contributed by atoms with E-state index in [-0.39, 0.29) is 0 Å². The normalized spacial score (nSPS) is 12.3. The van der Waals surface area contributed by atoms with Crippen LogP contribution < -0.4 is 14.4 Å². The zero-order valence-corrected chi connectivity index (χ0v) is 16.3. The maximum atomic E-state index is 12.7. The van der Waals surface area contributed by atoms with E-state index in [1.165, 1.54) is 13.0 Å². The Bertz CT molecular complexity index is 886. The van der Waals surface area contributed by atoms with Crippen molar-refractivity contribution in [2.24, 2.45) is 0 Å². The van der Waals surface area contributed by atoms with E-state index >= 15 is 0 Å². The SMILES string of the molecule is CCOc1ccccc1NC(=O)C(C)N(c1cccc(Cl)c1)S(C)(=O)=O. The Labute approximate surface area is 158 Å². The lowest BCUT2D eigenvalue weighted by Crippen LogP contribution is -2.45. The zero-order chi connectivity index (χ0) is 19.3. The quantitative estimate of drug-likeness (QED) is 0.776. The van der Waals surface area contributed by atoms with Gasteiger partial charge in [0.05, 0.1) is 24.2 Å². The van der Waals surface area contributed by atoms with E-state index in [2.05, 4.69) is 5.32 Å². The van der Waals surface area contributed by atoms with Crippen LogP contribution in [0, 0.1) is 0 Å². The van der Waals surface area contributed by atoms with Gasteiger partial charge in [-0.2, -0.15) is 0 Å². The smallest absolute Gasteiger partial charge is 0.248 e. The van der Waals surface area contributed by atoms with Crippen molar-refractivity contribution in [1.29, 1.82) is 0 Å². The first-order chi connectivity index (χ1) is 12.2. The summed E-state index contributed by atoms with van der Waals surface area (Å²) in [7, 11) is -3.71. The third-order valence-corrected chi connectivity index (χ3v) is 5.07. The number of benzene rings is 2. The minimum absolute atomic E-state index is 0.320. The van der Waals surface area contributed by atoms with Crippen molar-refractivity contribution in [3.05, 3.63) is 53.6 Å². The Morgan fingerprint density at radius 2 is 1.92 bits per heavy atom. The number of halogens is 1. The van der Waals surface area contributed by atoms with Crippen molar-refractivity contribution in [3.8, 4) is 5.75 Å². The second kappa shape index (κ2) is 8.42. The Morgan fingerprint density at radius 3 is 2.54 bits per heavy atom. The summed E-state index contributed by atoms with van der Waals surface area (Å²) in [6, 6.07) is 12.3. The van der Waals surface area contributed by atoms with E-state index < -0.39 is 22.0 Å². The van der Waals surface area contributed by atoms with Gasteiger partial charge < -0.3 is 10.1 Å². The van der Waals surface area contributed by atoms with Gasteiger partial charge in [-0.05, 0) is 44.2 Å². The summed E-state index contributed by atoms with van der Waals surface area (Å²) in [4.78, 5) is 12.7. The number of sulfonamides is 1. The van der Waals surface area contributed by atoms with Crippen LogP contribution in [-0.2, 0) is 14.8 Å². The summed E-state index contributed by atoms with van der Waals surface area (Å²) in [5, 5.41) is 3.11. The molecule has 0 saturated heterocycles. The molecule has 0 fully saturated rings. The van der Waals surface area contributed by atoms with Crippen LogP contribution in [0.25, 0.3) is 0 Å². The fraction of sp³-hybridized carbons (Fsp3) is 0.278. The van der Waals surface area contributed by atoms with Crippen LogP contribution in [0.3, 0.4) is 0 Å². The van der Waals surface area contributed by atoms with Gasteiger partial charge in [-0.1, -0.05) is 29.8 Å². The Balaban J connectivity index is 2.32.